The second-order valence-corrected chi connectivity index (χ2v) is 7.45. The van der Waals surface area contributed by atoms with Gasteiger partial charge in [-0.15, -0.1) is 11.8 Å². The van der Waals surface area contributed by atoms with Gasteiger partial charge in [0.15, 0.2) is 5.79 Å². The van der Waals surface area contributed by atoms with Gasteiger partial charge in [-0.25, -0.2) is 0 Å². The second-order valence-electron chi connectivity index (χ2n) is 6.17. The minimum absolute atomic E-state index is 0.316. The molecule has 1 spiro atoms. The quantitative estimate of drug-likeness (QED) is 0.928. The Morgan fingerprint density at radius 3 is 2.67 bits per heavy atom. The first kappa shape index (κ1) is 15.3. The summed E-state index contributed by atoms with van der Waals surface area (Å²) in [7, 11) is 2.06. The van der Waals surface area contributed by atoms with Crippen LogP contribution in [0.4, 0.5) is 0 Å². The van der Waals surface area contributed by atoms with Crippen molar-refractivity contribution in [1.29, 1.82) is 0 Å². The molecule has 2 unspecified atom stereocenters. The highest BCUT2D eigenvalue weighted by atomic mass is 32.2. The lowest BCUT2D eigenvalue weighted by atomic mass is 9.89. The number of thioether (sulfide) groups is 1. The predicted molar refractivity (Wildman–Crippen MR) is 86.9 cm³/mol. The molecule has 1 saturated heterocycles. The Kier molecular flexibility index (Phi) is 4.60. The number of ether oxygens (including phenoxy) is 2. The molecule has 2 aliphatic rings. The molecule has 0 bridgehead atoms. The van der Waals surface area contributed by atoms with Crippen LogP contribution in [0.15, 0.2) is 23.1 Å². The van der Waals surface area contributed by atoms with Crippen molar-refractivity contribution < 1.29 is 9.47 Å². The second kappa shape index (κ2) is 6.29. The van der Waals surface area contributed by atoms with Crippen molar-refractivity contribution in [3.63, 3.8) is 0 Å². The number of nitrogens with one attached hydrogen (secondary N) is 1. The largest absolute Gasteiger partial charge is 0.347 e. The van der Waals surface area contributed by atoms with Gasteiger partial charge in [0.1, 0.15) is 0 Å². The number of aryl methyl sites for hydroxylation is 2. The van der Waals surface area contributed by atoms with Crippen LogP contribution >= 0.6 is 11.8 Å². The van der Waals surface area contributed by atoms with Crippen molar-refractivity contribution in [3.8, 4) is 0 Å². The lowest BCUT2D eigenvalue weighted by molar-refractivity contribution is -0.177. The van der Waals surface area contributed by atoms with Gasteiger partial charge in [-0.1, -0.05) is 17.7 Å². The Morgan fingerprint density at radius 1 is 1.24 bits per heavy atom. The highest BCUT2D eigenvalue weighted by Crippen LogP contribution is 2.43. The molecule has 3 rings (SSSR count). The van der Waals surface area contributed by atoms with Crippen LogP contribution in [-0.2, 0) is 9.47 Å². The molecule has 0 amide bonds. The predicted octanol–water partition coefficient (Wildman–Crippen LogP) is 3.28. The van der Waals surface area contributed by atoms with Crippen LogP contribution < -0.4 is 5.32 Å². The molecular formula is C17H25NO2S. The Bertz CT molecular complexity index is 500. The molecule has 1 saturated carbocycles. The molecule has 1 aliphatic heterocycles. The van der Waals surface area contributed by atoms with E-state index in [1.54, 1.807) is 0 Å². The highest BCUT2D eigenvalue weighted by Gasteiger charge is 2.45. The van der Waals surface area contributed by atoms with Crippen molar-refractivity contribution >= 4 is 11.8 Å². The number of rotatable bonds is 3. The fourth-order valence-corrected chi connectivity index (χ4v) is 4.91. The number of hydrogen-bond donors (Lipinski definition) is 1. The molecule has 3 nitrogen and oxygen atoms in total. The topological polar surface area (TPSA) is 30.5 Å². The van der Waals surface area contributed by atoms with Gasteiger partial charge < -0.3 is 14.8 Å². The van der Waals surface area contributed by atoms with Gasteiger partial charge in [-0.2, -0.15) is 0 Å². The Balaban J connectivity index is 1.76. The van der Waals surface area contributed by atoms with Crippen molar-refractivity contribution in [3.05, 3.63) is 29.3 Å². The average molecular weight is 307 g/mol. The van der Waals surface area contributed by atoms with Gasteiger partial charge in [0.05, 0.1) is 13.2 Å². The van der Waals surface area contributed by atoms with E-state index in [4.69, 9.17) is 9.47 Å². The molecule has 1 aromatic rings. The summed E-state index contributed by atoms with van der Waals surface area (Å²) in [5, 5.41) is 3.97. The summed E-state index contributed by atoms with van der Waals surface area (Å²) in [5.74, 6) is -0.316. The van der Waals surface area contributed by atoms with E-state index < -0.39 is 0 Å². The first-order chi connectivity index (χ1) is 10.1. The van der Waals surface area contributed by atoms with Gasteiger partial charge in [0.25, 0.3) is 0 Å². The summed E-state index contributed by atoms with van der Waals surface area (Å²) in [6, 6.07) is 7.23. The van der Waals surface area contributed by atoms with E-state index in [1.807, 2.05) is 11.8 Å². The Hall–Kier alpha value is -0.550. The van der Waals surface area contributed by atoms with E-state index in [9.17, 15) is 0 Å². The maximum atomic E-state index is 5.93. The fraction of sp³-hybridized carbons (Fsp3) is 0.647. The summed E-state index contributed by atoms with van der Waals surface area (Å²) < 4.78 is 11.9. The van der Waals surface area contributed by atoms with E-state index in [-0.39, 0.29) is 5.79 Å². The van der Waals surface area contributed by atoms with Crippen LogP contribution in [0.3, 0.4) is 0 Å². The minimum Gasteiger partial charge on any atom is -0.347 e. The van der Waals surface area contributed by atoms with Crippen molar-refractivity contribution in [2.24, 2.45) is 0 Å². The number of benzene rings is 1. The maximum absolute atomic E-state index is 5.93. The molecule has 1 aromatic carbocycles. The molecule has 2 atom stereocenters. The smallest absolute Gasteiger partial charge is 0.169 e. The van der Waals surface area contributed by atoms with E-state index in [0.29, 0.717) is 11.3 Å². The molecule has 0 aromatic heterocycles. The van der Waals surface area contributed by atoms with Crippen LogP contribution in [0, 0.1) is 13.8 Å². The maximum Gasteiger partial charge on any atom is 0.169 e. The van der Waals surface area contributed by atoms with E-state index in [0.717, 1.165) is 32.5 Å². The summed E-state index contributed by atoms with van der Waals surface area (Å²) in [4.78, 5) is 1.38. The van der Waals surface area contributed by atoms with Crippen molar-refractivity contribution in [1.82, 2.24) is 5.32 Å². The third-order valence-electron chi connectivity index (χ3n) is 4.59. The zero-order chi connectivity index (χ0) is 14.9. The van der Waals surface area contributed by atoms with Crippen LogP contribution in [0.25, 0.3) is 0 Å². The molecule has 1 heterocycles. The number of hydrogen-bond acceptors (Lipinski definition) is 4. The fourth-order valence-electron chi connectivity index (χ4n) is 3.42. The van der Waals surface area contributed by atoms with Gasteiger partial charge in [0, 0.05) is 29.0 Å². The summed E-state index contributed by atoms with van der Waals surface area (Å²) in [6.45, 7) is 5.83. The Labute approximate surface area is 131 Å². The molecule has 4 heteroatoms. The monoisotopic (exact) mass is 307 g/mol. The standard InChI is InChI=1S/C17H25NO2S/c1-12-4-5-15(13(2)10-12)21-16-11-17(19-8-9-20-17)7-6-14(16)18-3/h4-5,10,14,16,18H,6-9,11H2,1-3H3. The molecular weight excluding hydrogens is 282 g/mol. The average Bonchev–Trinajstić information content (AvgIpc) is 2.90. The molecule has 1 N–H and O–H groups in total. The molecule has 0 radical (unpaired) electrons. The van der Waals surface area contributed by atoms with Crippen molar-refractivity contribution in [2.75, 3.05) is 20.3 Å². The minimum atomic E-state index is -0.316. The summed E-state index contributed by atoms with van der Waals surface area (Å²) in [5.41, 5.74) is 2.69. The Morgan fingerprint density at radius 2 is 2.00 bits per heavy atom. The lowest BCUT2D eigenvalue weighted by Gasteiger charge is -2.40. The van der Waals surface area contributed by atoms with Crippen LogP contribution in [-0.4, -0.2) is 37.3 Å². The molecule has 1 aliphatic carbocycles. The summed E-state index contributed by atoms with van der Waals surface area (Å²) >= 11 is 1.97. The lowest BCUT2D eigenvalue weighted by Crippen LogP contribution is -2.48. The van der Waals surface area contributed by atoms with Crippen molar-refractivity contribution in [2.45, 2.75) is 55.1 Å². The van der Waals surface area contributed by atoms with E-state index >= 15 is 0 Å². The molecule has 21 heavy (non-hydrogen) atoms. The third-order valence-corrected chi connectivity index (χ3v) is 6.10. The van der Waals surface area contributed by atoms with Crippen LogP contribution in [0.5, 0.6) is 0 Å². The van der Waals surface area contributed by atoms with Gasteiger partial charge in [-0.05, 0) is 38.9 Å². The summed E-state index contributed by atoms with van der Waals surface area (Å²) in [6.07, 6.45) is 3.08. The normalized spacial score (nSPS) is 28.1. The van der Waals surface area contributed by atoms with E-state index in [2.05, 4.69) is 44.4 Å². The first-order valence-electron chi connectivity index (χ1n) is 7.81. The SMILES string of the molecule is CNC1CCC2(CC1Sc1ccc(C)cc1C)OCCO2. The molecule has 116 valence electrons. The van der Waals surface area contributed by atoms with Gasteiger partial charge in [-0.3, -0.25) is 0 Å². The zero-order valence-corrected chi connectivity index (χ0v) is 14.0. The zero-order valence-electron chi connectivity index (χ0n) is 13.1. The van der Waals surface area contributed by atoms with Crippen LogP contribution in [0.2, 0.25) is 0 Å². The molecule has 2 fully saturated rings. The van der Waals surface area contributed by atoms with Gasteiger partial charge >= 0.3 is 0 Å². The first-order valence-corrected chi connectivity index (χ1v) is 8.69. The van der Waals surface area contributed by atoms with E-state index in [1.165, 1.54) is 16.0 Å². The van der Waals surface area contributed by atoms with Gasteiger partial charge in [0.2, 0.25) is 0 Å². The van der Waals surface area contributed by atoms with Crippen LogP contribution in [0.1, 0.15) is 30.4 Å². The third kappa shape index (κ3) is 3.29. The highest BCUT2D eigenvalue weighted by molar-refractivity contribution is 8.00.